The van der Waals surface area contributed by atoms with Crippen molar-refractivity contribution in [3.63, 3.8) is 0 Å². The van der Waals surface area contributed by atoms with Gasteiger partial charge in [-0.2, -0.15) is 0 Å². The molecule has 0 saturated heterocycles. The van der Waals surface area contributed by atoms with E-state index in [4.69, 9.17) is 4.74 Å². The van der Waals surface area contributed by atoms with Gasteiger partial charge in [0.2, 0.25) is 0 Å². The van der Waals surface area contributed by atoms with Crippen molar-refractivity contribution in [2.45, 2.75) is 39.5 Å². The fourth-order valence-electron chi connectivity index (χ4n) is 2.68. The predicted octanol–water partition coefficient (Wildman–Crippen LogP) is 3.37. The van der Waals surface area contributed by atoms with Gasteiger partial charge < -0.3 is 15.4 Å². The number of amides is 1. The molecule has 0 aliphatic carbocycles. The number of nitrogens with zero attached hydrogens (tertiary/aromatic N) is 2. The van der Waals surface area contributed by atoms with Crippen LogP contribution >= 0.6 is 0 Å². The molecule has 6 heteroatoms. The number of hydrogen-bond acceptors (Lipinski definition) is 5. The van der Waals surface area contributed by atoms with Gasteiger partial charge in [-0.3, -0.25) is 4.79 Å². The Labute approximate surface area is 155 Å². The molecule has 1 aromatic carbocycles. The molecule has 2 rings (SSSR count). The molecular weight excluding hydrogens is 328 g/mol. The van der Waals surface area contributed by atoms with Crippen LogP contribution in [0.4, 0.5) is 5.82 Å². The highest BCUT2D eigenvalue weighted by Gasteiger charge is 2.10. The van der Waals surface area contributed by atoms with Crippen LogP contribution in [0.3, 0.4) is 0 Å². The second kappa shape index (κ2) is 10.4. The van der Waals surface area contributed by atoms with Crippen LogP contribution in [0.5, 0.6) is 5.75 Å². The lowest BCUT2D eigenvalue weighted by Gasteiger charge is -2.11. The van der Waals surface area contributed by atoms with Crippen molar-refractivity contribution in [1.29, 1.82) is 0 Å². The van der Waals surface area contributed by atoms with Gasteiger partial charge in [0.25, 0.3) is 5.91 Å². The second-order valence-electron chi connectivity index (χ2n) is 6.14. The maximum atomic E-state index is 12.2. The molecule has 2 aromatic rings. The molecule has 1 heterocycles. The van der Waals surface area contributed by atoms with Gasteiger partial charge in [-0.25, -0.2) is 9.97 Å². The number of para-hydroxylation sites is 1. The molecule has 0 unspecified atom stereocenters. The molecule has 0 aliphatic rings. The monoisotopic (exact) mass is 356 g/mol. The van der Waals surface area contributed by atoms with Crippen LogP contribution in [0.25, 0.3) is 0 Å². The van der Waals surface area contributed by atoms with Gasteiger partial charge in [0.1, 0.15) is 23.1 Å². The third-order valence-electron chi connectivity index (χ3n) is 4.03. The highest BCUT2D eigenvalue weighted by atomic mass is 16.5. The quantitative estimate of drug-likeness (QED) is 0.638. The molecule has 1 amide bonds. The Morgan fingerprint density at radius 3 is 2.73 bits per heavy atom. The number of anilines is 1. The Morgan fingerprint density at radius 1 is 1.15 bits per heavy atom. The zero-order valence-electron chi connectivity index (χ0n) is 15.8. The summed E-state index contributed by atoms with van der Waals surface area (Å²) >= 11 is 0. The number of benzene rings is 1. The summed E-state index contributed by atoms with van der Waals surface area (Å²) in [7, 11) is 1.67. The van der Waals surface area contributed by atoms with E-state index in [1.165, 1.54) is 0 Å². The van der Waals surface area contributed by atoms with Gasteiger partial charge in [-0.1, -0.05) is 38.0 Å². The third kappa shape index (κ3) is 6.02. The van der Waals surface area contributed by atoms with E-state index < -0.39 is 0 Å². The standard InChI is InChI=1S/C20H28N4O2/c1-4-5-8-12-22-20(25)17-14-19(24-15(2)23-17)21-13-11-16-9-6-7-10-18(16)26-3/h6-7,9-10,14H,4-5,8,11-13H2,1-3H3,(H,22,25)(H,21,23,24). The first-order valence-corrected chi connectivity index (χ1v) is 9.13. The maximum Gasteiger partial charge on any atom is 0.270 e. The van der Waals surface area contributed by atoms with Crippen molar-refractivity contribution < 1.29 is 9.53 Å². The normalized spacial score (nSPS) is 10.4. The van der Waals surface area contributed by atoms with Gasteiger partial charge in [-0.05, 0) is 31.4 Å². The number of carbonyl (C=O) groups is 1. The van der Waals surface area contributed by atoms with Crippen LogP contribution in [-0.2, 0) is 6.42 Å². The first kappa shape index (κ1) is 19.7. The smallest absolute Gasteiger partial charge is 0.270 e. The summed E-state index contributed by atoms with van der Waals surface area (Å²) in [5, 5.41) is 6.18. The molecule has 0 fully saturated rings. The SMILES string of the molecule is CCCCCNC(=O)c1cc(NCCc2ccccc2OC)nc(C)n1. The number of nitrogens with one attached hydrogen (secondary N) is 2. The summed E-state index contributed by atoms with van der Waals surface area (Å²) < 4.78 is 5.37. The van der Waals surface area contributed by atoms with E-state index in [2.05, 4.69) is 27.5 Å². The number of carbonyl (C=O) groups excluding carboxylic acids is 1. The Balaban J connectivity index is 1.93. The molecule has 26 heavy (non-hydrogen) atoms. The van der Waals surface area contributed by atoms with Crippen molar-refractivity contribution in [2.24, 2.45) is 0 Å². The zero-order valence-corrected chi connectivity index (χ0v) is 15.8. The summed E-state index contributed by atoms with van der Waals surface area (Å²) in [6.45, 7) is 5.29. The molecule has 0 aliphatic heterocycles. The molecule has 6 nitrogen and oxygen atoms in total. The minimum Gasteiger partial charge on any atom is -0.496 e. The predicted molar refractivity (Wildman–Crippen MR) is 104 cm³/mol. The molecule has 0 atom stereocenters. The highest BCUT2D eigenvalue weighted by Crippen LogP contribution is 2.18. The molecule has 0 saturated carbocycles. The Kier molecular flexibility index (Phi) is 7.86. The number of unbranched alkanes of at least 4 members (excludes halogenated alkanes) is 2. The molecule has 0 radical (unpaired) electrons. The van der Waals surface area contributed by atoms with Gasteiger partial charge in [0.15, 0.2) is 0 Å². The number of rotatable bonds is 10. The van der Waals surface area contributed by atoms with Crippen molar-refractivity contribution in [2.75, 3.05) is 25.5 Å². The highest BCUT2D eigenvalue weighted by molar-refractivity contribution is 5.92. The Morgan fingerprint density at radius 2 is 1.96 bits per heavy atom. The molecule has 140 valence electrons. The fraction of sp³-hybridized carbons (Fsp3) is 0.450. The molecule has 0 spiro atoms. The average Bonchev–Trinajstić information content (AvgIpc) is 2.65. The van der Waals surface area contributed by atoms with E-state index >= 15 is 0 Å². The largest absolute Gasteiger partial charge is 0.496 e. The molecule has 1 aromatic heterocycles. The first-order valence-electron chi connectivity index (χ1n) is 9.13. The van der Waals surface area contributed by atoms with E-state index in [1.54, 1.807) is 20.1 Å². The van der Waals surface area contributed by atoms with Gasteiger partial charge in [0.05, 0.1) is 7.11 Å². The van der Waals surface area contributed by atoms with E-state index in [9.17, 15) is 4.79 Å². The van der Waals surface area contributed by atoms with Crippen LogP contribution < -0.4 is 15.4 Å². The van der Waals surface area contributed by atoms with Crippen molar-refractivity contribution in [1.82, 2.24) is 15.3 Å². The van der Waals surface area contributed by atoms with Crippen molar-refractivity contribution in [3.05, 3.63) is 47.4 Å². The summed E-state index contributed by atoms with van der Waals surface area (Å²) in [4.78, 5) is 20.9. The lowest BCUT2D eigenvalue weighted by Crippen LogP contribution is -2.26. The zero-order chi connectivity index (χ0) is 18.8. The lowest BCUT2D eigenvalue weighted by molar-refractivity contribution is 0.0947. The molecular formula is C20H28N4O2. The Bertz CT molecular complexity index is 719. The molecule has 0 bridgehead atoms. The summed E-state index contributed by atoms with van der Waals surface area (Å²) in [6, 6.07) is 9.64. The van der Waals surface area contributed by atoms with Gasteiger partial charge in [0, 0.05) is 19.2 Å². The van der Waals surface area contributed by atoms with Gasteiger partial charge in [-0.15, -0.1) is 0 Å². The number of aromatic nitrogens is 2. The van der Waals surface area contributed by atoms with Gasteiger partial charge >= 0.3 is 0 Å². The van der Waals surface area contributed by atoms with E-state index in [0.717, 1.165) is 37.0 Å². The number of hydrogen-bond donors (Lipinski definition) is 2. The number of ether oxygens (including phenoxy) is 1. The lowest BCUT2D eigenvalue weighted by atomic mass is 10.1. The minimum absolute atomic E-state index is 0.153. The van der Waals surface area contributed by atoms with Crippen LogP contribution in [0, 0.1) is 6.92 Å². The van der Waals surface area contributed by atoms with E-state index in [1.807, 2.05) is 24.3 Å². The fourth-order valence-corrected chi connectivity index (χ4v) is 2.68. The third-order valence-corrected chi connectivity index (χ3v) is 4.03. The summed E-state index contributed by atoms with van der Waals surface area (Å²) in [5.41, 5.74) is 1.52. The maximum absolute atomic E-state index is 12.2. The second-order valence-corrected chi connectivity index (χ2v) is 6.14. The number of methoxy groups -OCH3 is 1. The Hall–Kier alpha value is -2.63. The van der Waals surface area contributed by atoms with E-state index in [-0.39, 0.29) is 5.91 Å². The average molecular weight is 356 g/mol. The first-order chi connectivity index (χ1) is 12.6. The van der Waals surface area contributed by atoms with E-state index in [0.29, 0.717) is 30.4 Å². The van der Waals surface area contributed by atoms with Crippen molar-refractivity contribution >= 4 is 11.7 Å². The molecule has 2 N–H and O–H groups in total. The number of aryl methyl sites for hydroxylation is 1. The van der Waals surface area contributed by atoms with Crippen LogP contribution in [0.2, 0.25) is 0 Å². The minimum atomic E-state index is -0.153. The summed E-state index contributed by atoms with van der Waals surface area (Å²) in [6.07, 6.45) is 4.02. The summed E-state index contributed by atoms with van der Waals surface area (Å²) in [5.74, 6) is 1.96. The topological polar surface area (TPSA) is 76.1 Å². The van der Waals surface area contributed by atoms with Crippen LogP contribution in [-0.4, -0.2) is 36.1 Å². The van der Waals surface area contributed by atoms with Crippen molar-refractivity contribution in [3.8, 4) is 5.75 Å². The van der Waals surface area contributed by atoms with Crippen LogP contribution in [0.1, 0.15) is 48.1 Å². The van der Waals surface area contributed by atoms with Crippen LogP contribution in [0.15, 0.2) is 30.3 Å².